The molecule has 0 aliphatic rings. The van der Waals surface area contributed by atoms with Gasteiger partial charge in [0, 0.05) is 28.3 Å². The SMILES string of the molecule is COc1ccccc1-c1c2c(C(C)(C)C)n[nH]c2c(O)n1-c1cccc(-c2ccon2)c1. The number of hydrogen-bond acceptors (Lipinski definition) is 5. The first-order valence-corrected chi connectivity index (χ1v) is 10.4. The lowest BCUT2D eigenvalue weighted by molar-refractivity contribution is 0.416. The number of rotatable bonds is 4. The highest BCUT2D eigenvalue weighted by atomic mass is 16.5. The van der Waals surface area contributed by atoms with Crippen molar-refractivity contribution in [3.05, 3.63) is 66.6 Å². The molecule has 3 heterocycles. The van der Waals surface area contributed by atoms with Gasteiger partial charge in [0.25, 0.3) is 0 Å². The number of ether oxygens (including phenoxy) is 1. The minimum absolute atomic E-state index is 0.0845. The number of hydrogen-bond donors (Lipinski definition) is 2. The van der Waals surface area contributed by atoms with Crippen LogP contribution in [0.2, 0.25) is 0 Å². The maximum atomic E-state index is 11.4. The average molecular weight is 428 g/mol. The van der Waals surface area contributed by atoms with Gasteiger partial charge in [-0.15, -0.1) is 0 Å². The van der Waals surface area contributed by atoms with Gasteiger partial charge in [-0.1, -0.05) is 50.2 Å². The molecule has 0 aliphatic heterocycles. The summed E-state index contributed by atoms with van der Waals surface area (Å²) in [4.78, 5) is 0. The van der Waals surface area contributed by atoms with Crippen LogP contribution in [0.5, 0.6) is 11.6 Å². The summed E-state index contributed by atoms with van der Waals surface area (Å²) in [6.07, 6.45) is 1.54. The van der Waals surface area contributed by atoms with Crippen LogP contribution in [0.25, 0.3) is 39.1 Å². The van der Waals surface area contributed by atoms with Gasteiger partial charge in [-0.25, -0.2) is 0 Å². The van der Waals surface area contributed by atoms with Gasteiger partial charge in [-0.2, -0.15) is 5.10 Å². The van der Waals surface area contributed by atoms with Crippen molar-refractivity contribution in [2.75, 3.05) is 7.11 Å². The molecule has 0 radical (unpaired) electrons. The van der Waals surface area contributed by atoms with Crippen molar-refractivity contribution in [2.45, 2.75) is 26.2 Å². The fourth-order valence-electron chi connectivity index (χ4n) is 4.12. The third kappa shape index (κ3) is 3.05. The lowest BCUT2D eigenvalue weighted by atomic mass is 9.89. The standard InChI is InChI=1S/C25H24N4O3/c1-25(2,3)23-20-21(26-27-23)24(30)29(22(20)17-10-5-6-11-19(17)31-4)16-9-7-8-15(14-16)18-12-13-32-28-18/h5-14,26,30H,1-4H3. The third-order valence-corrected chi connectivity index (χ3v) is 5.57. The van der Waals surface area contributed by atoms with E-state index in [1.165, 1.54) is 0 Å². The summed E-state index contributed by atoms with van der Waals surface area (Å²) in [5.74, 6) is 0.795. The number of aromatic amines is 1. The van der Waals surface area contributed by atoms with Crippen LogP contribution < -0.4 is 4.74 Å². The lowest BCUT2D eigenvalue weighted by Crippen LogP contribution is -2.12. The number of fused-ring (bicyclic) bond motifs is 1. The maximum Gasteiger partial charge on any atom is 0.222 e. The van der Waals surface area contributed by atoms with Crippen LogP contribution in [-0.2, 0) is 5.41 Å². The van der Waals surface area contributed by atoms with E-state index >= 15 is 0 Å². The second-order valence-electron chi connectivity index (χ2n) is 8.72. The molecule has 7 nitrogen and oxygen atoms in total. The highest BCUT2D eigenvalue weighted by molar-refractivity contribution is 6.02. The topological polar surface area (TPSA) is 89.1 Å². The number of aromatic hydroxyl groups is 1. The van der Waals surface area contributed by atoms with Crippen LogP contribution >= 0.6 is 0 Å². The fraction of sp³-hybridized carbons (Fsp3) is 0.200. The summed E-state index contributed by atoms with van der Waals surface area (Å²) in [6.45, 7) is 6.32. The number of nitrogens with one attached hydrogen (secondary N) is 1. The second kappa shape index (κ2) is 7.30. The van der Waals surface area contributed by atoms with E-state index < -0.39 is 0 Å². The molecule has 0 amide bonds. The monoisotopic (exact) mass is 428 g/mol. The number of nitrogens with zero attached hydrogens (tertiary/aromatic N) is 3. The van der Waals surface area contributed by atoms with Crippen molar-refractivity contribution >= 4 is 10.9 Å². The van der Waals surface area contributed by atoms with E-state index in [9.17, 15) is 5.11 Å². The van der Waals surface area contributed by atoms with Gasteiger partial charge >= 0.3 is 0 Å². The van der Waals surface area contributed by atoms with Gasteiger partial charge in [0.15, 0.2) is 0 Å². The van der Waals surface area contributed by atoms with Crippen LogP contribution in [0.15, 0.2) is 65.4 Å². The highest BCUT2D eigenvalue weighted by Gasteiger charge is 2.30. The molecule has 2 N–H and O–H groups in total. The summed E-state index contributed by atoms with van der Waals surface area (Å²) in [6, 6.07) is 17.4. The molecule has 2 aromatic carbocycles. The summed E-state index contributed by atoms with van der Waals surface area (Å²) < 4.78 is 12.5. The van der Waals surface area contributed by atoms with Crippen molar-refractivity contribution in [3.8, 4) is 39.8 Å². The molecular weight excluding hydrogens is 404 g/mol. The molecule has 5 aromatic rings. The zero-order chi connectivity index (χ0) is 22.5. The lowest BCUT2D eigenvalue weighted by Gasteiger charge is -2.18. The molecule has 0 saturated carbocycles. The Hall–Kier alpha value is -4.00. The van der Waals surface area contributed by atoms with E-state index in [4.69, 9.17) is 9.26 Å². The van der Waals surface area contributed by atoms with E-state index in [-0.39, 0.29) is 11.3 Å². The Balaban J connectivity index is 1.87. The van der Waals surface area contributed by atoms with Crippen LogP contribution in [0.3, 0.4) is 0 Å². The van der Waals surface area contributed by atoms with E-state index in [1.54, 1.807) is 13.4 Å². The number of benzene rings is 2. The molecule has 162 valence electrons. The van der Waals surface area contributed by atoms with Crippen molar-refractivity contribution in [2.24, 2.45) is 0 Å². The van der Waals surface area contributed by atoms with E-state index in [0.717, 1.165) is 39.3 Å². The van der Waals surface area contributed by atoms with Crippen molar-refractivity contribution in [3.63, 3.8) is 0 Å². The van der Waals surface area contributed by atoms with Crippen LogP contribution in [-0.4, -0.2) is 32.1 Å². The van der Waals surface area contributed by atoms with E-state index in [1.807, 2.05) is 59.2 Å². The molecular formula is C25H24N4O3. The maximum absolute atomic E-state index is 11.4. The van der Waals surface area contributed by atoms with Crippen molar-refractivity contribution in [1.29, 1.82) is 0 Å². The van der Waals surface area contributed by atoms with Gasteiger partial charge in [-0.3, -0.25) is 9.67 Å². The predicted octanol–water partition coefficient (Wildman–Crippen LogP) is 5.69. The van der Waals surface area contributed by atoms with Gasteiger partial charge in [-0.05, 0) is 24.3 Å². The molecule has 32 heavy (non-hydrogen) atoms. The Bertz CT molecular complexity index is 1410. The van der Waals surface area contributed by atoms with Gasteiger partial charge in [0.05, 0.1) is 23.9 Å². The summed E-state index contributed by atoms with van der Waals surface area (Å²) >= 11 is 0. The van der Waals surface area contributed by atoms with Crippen molar-refractivity contribution in [1.82, 2.24) is 19.9 Å². The quantitative estimate of drug-likeness (QED) is 0.384. The minimum Gasteiger partial charge on any atom is -0.496 e. The zero-order valence-corrected chi connectivity index (χ0v) is 18.4. The second-order valence-corrected chi connectivity index (χ2v) is 8.72. The van der Waals surface area contributed by atoms with Gasteiger partial charge < -0.3 is 14.4 Å². The molecule has 0 bridgehead atoms. The first-order valence-electron chi connectivity index (χ1n) is 10.4. The van der Waals surface area contributed by atoms with Gasteiger partial charge in [0.2, 0.25) is 5.88 Å². The Morgan fingerprint density at radius 1 is 1.06 bits per heavy atom. The smallest absolute Gasteiger partial charge is 0.222 e. The van der Waals surface area contributed by atoms with E-state index in [2.05, 4.69) is 36.1 Å². The first kappa shape index (κ1) is 19.9. The van der Waals surface area contributed by atoms with Crippen LogP contribution in [0.4, 0.5) is 0 Å². The summed E-state index contributed by atoms with van der Waals surface area (Å²) in [5.41, 5.74) is 5.28. The Morgan fingerprint density at radius 3 is 2.59 bits per heavy atom. The summed E-state index contributed by atoms with van der Waals surface area (Å²) in [5, 5.41) is 23.9. The molecule has 5 rings (SSSR count). The number of aromatic nitrogens is 4. The van der Waals surface area contributed by atoms with E-state index in [0.29, 0.717) is 11.3 Å². The third-order valence-electron chi connectivity index (χ3n) is 5.57. The molecule has 3 aromatic heterocycles. The molecule has 0 atom stereocenters. The fourth-order valence-corrected chi connectivity index (χ4v) is 4.12. The van der Waals surface area contributed by atoms with Crippen LogP contribution in [0, 0.1) is 0 Å². The normalized spacial score (nSPS) is 11.9. The number of para-hydroxylation sites is 1. The Morgan fingerprint density at radius 2 is 1.88 bits per heavy atom. The Kier molecular flexibility index (Phi) is 4.55. The molecule has 0 unspecified atom stereocenters. The molecule has 0 saturated heterocycles. The molecule has 0 fully saturated rings. The average Bonchev–Trinajstić information content (AvgIpc) is 3.51. The predicted molar refractivity (Wildman–Crippen MR) is 123 cm³/mol. The van der Waals surface area contributed by atoms with Gasteiger partial charge in [0.1, 0.15) is 23.2 Å². The molecule has 7 heteroatoms. The number of H-pyrrole nitrogens is 1. The minimum atomic E-state index is -0.240. The Labute approximate surface area is 185 Å². The first-order chi connectivity index (χ1) is 15.4. The molecule has 0 spiro atoms. The molecule has 0 aliphatic carbocycles. The number of methoxy groups -OCH3 is 1. The van der Waals surface area contributed by atoms with Crippen molar-refractivity contribution < 1.29 is 14.4 Å². The zero-order valence-electron chi connectivity index (χ0n) is 18.4. The largest absolute Gasteiger partial charge is 0.496 e. The highest BCUT2D eigenvalue weighted by Crippen LogP contribution is 2.46. The van der Waals surface area contributed by atoms with Crippen LogP contribution in [0.1, 0.15) is 26.5 Å². The summed E-state index contributed by atoms with van der Waals surface area (Å²) in [7, 11) is 1.65.